The fourth-order valence-electron chi connectivity index (χ4n) is 4.66. The molecule has 1 N–H and O–H groups in total. The molecular weight excluding hydrogens is 601 g/mol. The number of ether oxygens (including phenoxy) is 1. The number of H-pyrrole nitrogens is 1. The summed E-state index contributed by atoms with van der Waals surface area (Å²) in [6.45, 7) is 1.90. The van der Waals surface area contributed by atoms with Crippen molar-refractivity contribution in [3.8, 4) is 23.3 Å². The fourth-order valence-corrected chi connectivity index (χ4v) is 6.60. The summed E-state index contributed by atoms with van der Waals surface area (Å²) in [5.74, 6) is 0.959. The van der Waals surface area contributed by atoms with Crippen LogP contribution in [0.15, 0.2) is 75.3 Å². The zero-order chi connectivity index (χ0) is 29.8. The summed E-state index contributed by atoms with van der Waals surface area (Å²) in [6.07, 6.45) is 4.60. The number of aromatic nitrogens is 4. The molecule has 0 bridgehead atoms. The molecule has 2 aromatic heterocycles. The lowest BCUT2D eigenvalue weighted by Gasteiger charge is -2.13. The highest BCUT2D eigenvalue weighted by Gasteiger charge is 2.27. The molecule has 1 fully saturated rings. The molecule has 0 atom stereocenters. The Morgan fingerprint density at radius 3 is 2.40 bits per heavy atom. The van der Waals surface area contributed by atoms with Gasteiger partial charge in [-0.25, -0.2) is 17.2 Å². The van der Waals surface area contributed by atoms with E-state index in [1.807, 2.05) is 11.9 Å². The van der Waals surface area contributed by atoms with Crippen LogP contribution in [0.5, 0.6) is 11.5 Å². The lowest BCUT2D eigenvalue weighted by atomic mass is 10.1. The summed E-state index contributed by atoms with van der Waals surface area (Å²) in [5, 5.41) is 13.7. The topological polar surface area (TPSA) is 140 Å². The first kappa shape index (κ1) is 27.8. The van der Waals surface area contributed by atoms with Crippen LogP contribution in [0.1, 0.15) is 29.7 Å². The molecule has 212 valence electrons. The average Bonchev–Trinajstić information content (AvgIpc) is 3.70. The minimum atomic E-state index is -3.85. The molecule has 0 saturated heterocycles. The zero-order valence-electron chi connectivity index (χ0n) is 22.0. The maximum Gasteiger partial charge on any atom is 0.349 e. The van der Waals surface area contributed by atoms with Crippen molar-refractivity contribution in [2.75, 3.05) is 0 Å². The molecule has 0 aliphatic heterocycles. The van der Waals surface area contributed by atoms with Crippen molar-refractivity contribution in [2.24, 2.45) is 5.92 Å². The molecule has 5 aromatic rings. The minimum absolute atomic E-state index is 0.0359. The normalized spacial score (nSPS) is 13.3. The second-order valence-corrected chi connectivity index (χ2v) is 12.7. The van der Waals surface area contributed by atoms with Crippen molar-refractivity contribution in [3.63, 3.8) is 0 Å². The third kappa shape index (κ3) is 5.09. The number of aromatic amines is 1. The second kappa shape index (κ2) is 10.5. The standard InChI is InChI=1S/C29H21Cl2N5O5S/c1-16-2-7-21(8-3-16)42(39,40)35-15-18(10-17-4-5-17)22-13-20(6-9-26(22)35)41-27-23(30)11-19(12-24(27)31)36-29(38)33-28(37)25(14-32)34-36/h2-3,6-9,11-13,15,17H,4-5,10H2,1H3,(H,33,37,38). The lowest BCUT2D eigenvalue weighted by Crippen LogP contribution is -2.33. The highest BCUT2D eigenvalue weighted by Crippen LogP contribution is 2.41. The molecule has 3 aromatic carbocycles. The molecule has 10 nitrogen and oxygen atoms in total. The van der Waals surface area contributed by atoms with E-state index in [1.54, 1.807) is 54.7 Å². The van der Waals surface area contributed by atoms with E-state index in [0.717, 1.165) is 40.5 Å². The van der Waals surface area contributed by atoms with E-state index in [2.05, 4.69) is 5.10 Å². The van der Waals surface area contributed by atoms with Crippen LogP contribution in [0.4, 0.5) is 0 Å². The van der Waals surface area contributed by atoms with Crippen molar-refractivity contribution in [2.45, 2.75) is 31.1 Å². The van der Waals surface area contributed by atoms with Gasteiger partial charge in [-0.15, -0.1) is 5.10 Å². The highest BCUT2D eigenvalue weighted by atomic mass is 35.5. The molecule has 0 unspecified atom stereocenters. The molecule has 0 spiro atoms. The van der Waals surface area contributed by atoms with Crippen molar-refractivity contribution >= 4 is 44.1 Å². The Kier molecular flexibility index (Phi) is 6.93. The predicted octanol–water partition coefficient (Wildman–Crippen LogP) is 5.34. The van der Waals surface area contributed by atoms with Crippen molar-refractivity contribution < 1.29 is 13.2 Å². The predicted molar refractivity (Wildman–Crippen MR) is 157 cm³/mol. The Hall–Kier alpha value is -4.37. The summed E-state index contributed by atoms with van der Waals surface area (Å²) >= 11 is 13.0. The van der Waals surface area contributed by atoms with Gasteiger partial charge in [0, 0.05) is 11.6 Å². The number of rotatable bonds is 7. The fraction of sp³-hybridized carbons (Fsp3) is 0.172. The molecule has 13 heteroatoms. The van der Waals surface area contributed by atoms with Gasteiger partial charge in [-0.1, -0.05) is 40.9 Å². The maximum absolute atomic E-state index is 13.6. The molecule has 2 heterocycles. The first-order valence-corrected chi connectivity index (χ1v) is 15.0. The molecule has 42 heavy (non-hydrogen) atoms. The van der Waals surface area contributed by atoms with Gasteiger partial charge >= 0.3 is 5.69 Å². The monoisotopic (exact) mass is 621 g/mol. The van der Waals surface area contributed by atoms with Gasteiger partial charge in [-0.3, -0.25) is 9.78 Å². The van der Waals surface area contributed by atoms with E-state index in [0.29, 0.717) is 17.2 Å². The van der Waals surface area contributed by atoms with E-state index in [-0.39, 0.29) is 26.4 Å². The van der Waals surface area contributed by atoms with Crippen LogP contribution < -0.4 is 16.0 Å². The van der Waals surface area contributed by atoms with Crippen LogP contribution in [0.2, 0.25) is 10.0 Å². The Morgan fingerprint density at radius 2 is 1.76 bits per heavy atom. The third-order valence-corrected chi connectivity index (χ3v) is 9.24. The van der Waals surface area contributed by atoms with Crippen LogP contribution in [0, 0.1) is 24.2 Å². The molecular formula is C29H21Cl2N5O5S. The van der Waals surface area contributed by atoms with Gasteiger partial charge in [-0.2, -0.15) is 9.94 Å². The number of aryl methyl sites for hydroxylation is 1. The Balaban J connectivity index is 1.39. The number of nitrogens with zero attached hydrogens (tertiary/aromatic N) is 4. The zero-order valence-corrected chi connectivity index (χ0v) is 24.3. The summed E-state index contributed by atoms with van der Waals surface area (Å²) in [4.78, 5) is 26.2. The first-order valence-electron chi connectivity index (χ1n) is 12.8. The molecule has 1 saturated carbocycles. The molecule has 1 aliphatic rings. The number of fused-ring (bicyclic) bond motifs is 1. The number of hydrogen-bond donors (Lipinski definition) is 1. The van der Waals surface area contributed by atoms with E-state index in [9.17, 15) is 18.0 Å². The van der Waals surface area contributed by atoms with E-state index < -0.39 is 27.0 Å². The third-order valence-electron chi connectivity index (χ3n) is 6.99. The highest BCUT2D eigenvalue weighted by molar-refractivity contribution is 7.90. The largest absolute Gasteiger partial charge is 0.454 e. The molecule has 0 amide bonds. The van der Waals surface area contributed by atoms with E-state index >= 15 is 0 Å². The van der Waals surface area contributed by atoms with Gasteiger partial charge in [0.1, 0.15) is 11.8 Å². The Labute approximate surface area is 249 Å². The Morgan fingerprint density at radius 1 is 1.07 bits per heavy atom. The first-order chi connectivity index (χ1) is 20.0. The van der Waals surface area contributed by atoms with Crippen LogP contribution >= 0.6 is 23.2 Å². The number of nitriles is 1. The quantitative estimate of drug-likeness (QED) is 0.258. The second-order valence-electron chi connectivity index (χ2n) is 10.1. The van der Waals surface area contributed by atoms with Gasteiger partial charge in [0.15, 0.2) is 5.75 Å². The van der Waals surface area contributed by atoms with Crippen LogP contribution in [-0.2, 0) is 16.4 Å². The maximum atomic E-state index is 13.6. The molecule has 0 radical (unpaired) electrons. The summed E-state index contributed by atoms with van der Waals surface area (Å²) < 4.78 is 35.4. The van der Waals surface area contributed by atoms with Crippen LogP contribution in [0.25, 0.3) is 16.6 Å². The van der Waals surface area contributed by atoms with E-state index in [4.69, 9.17) is 33.2 Å². The summed E-state index contributed by atoms with van der Waals surface area (Å²) in [6, 6.07) is 16.1. The average molecular weight is 622 g/mol. The van der Waals surface area contributed by atoms with Gasteiger partial charge in [-0.05, 0) is 80.1 Å². The van der Waals surface area contributed by atoms with Crippen LogP contribution in [-0.4, -0.2) is 27.2 Å². The van der Waals surface area contributed by atoms with Gasteiger partial charge in [0.2, 0.25) is 5.69 Å². The van der Waals surface area contributed by atoms with Crippen molar-refractivity contribution in [1.29, 1.82) is 5.26 Å². The van der Waals surface area contributed by atoms with Gasteiger partial charge < -0.3 is 4.74 Å². The van der Waals surface area contributed by atoms with Crippen molar-refractivity contribution in [1.82, 2.24) is 18.7 Å². The summed E-state index contributed by atoms with van der Waals surface area (Å²) in [5.41, 5.74) is 0.179. The van der Waals surface area contributed by atoms with Crippen LogP contribution in [0.3, 0.4) is 0 Å². The van der Waals surface area contributed by atoms with Gasteiger partial charge in [0.25, 0.3) is 15.6 Å². The SMILES string of the molecule is Cc1ccc(S(=O)(=O)n2cc(CC3CC3)c3cc(Oc4c(Cl)cc(-n5nc(C#N)c(=O)[nH]c5=O)cc4Cl)ccc32)cc1. The molecule has 1 aliphatic carbocycles. The number of halogens is 2. The molecule has 6 rings (SSSR count). The minimum Gasteiger partial charge on any atom is -0.454 e. The Bertz CT molecular complexity index is 2140. The van der Waals surface area contributed by atoms with Gasteiger partial charge in [0.05, 0.1) is 26.1 Å². The van der Waals surface area contributed by atoms with E-state index in [1.165, 1.54) is 16.1 Å². The summed E-state index contributed by atoms with van der Waals surface area (Å²) in [7, 11) is -3.85. The number of benzene rings is 3. The number of hydrogen-bond acceptors (Lipinski definition) is 7. The smallest absolute Gasteiger partial charge is 0.349 e. The van der Waals surface area contributed by atoms with Crippen molar-refractivity contribution in [3.05, 3.63) is 108 Å². The lowest BCUT2D eigenvalue weighted by molar-refractivity contribution is 0.483. The number of nitrogens with one attached hydrogen (secondary N) is 1.